The fourth-order valence-electron chi connectivity index (χ4n) is 2.68. The minimum absolute atomic E-state index is 0.139. The summed E-state index contributed by atoms with van der Waals surface area (Å²) in [6.45, 7) is 7.33. The molecule has 0 saturated carbocycles. The SMILES string of the molecule is CCCC1CN(c2cc(F)ccc2C)CCCN1. The first-order valence-electron chi connectivity index (χ1n) is 6.95. The van der Waals surface area contributed by atoms with Crippen LogP contribution in [-0.2, 0) is 0 Å². The van der Waals surface area contributed by atoms with E-state index >= 15 is 0 Å². The van der Waals surface area contributed by atoms with Crippen molar-refractivity contribution in [1.82, 2.24) is 5.32 Å². The Morgan fingerprint density at radius 3 is 3.06 bits per heavy atom. The highest BCUT2D eigenvalue weighted by atomic mass is 19.1. The monoisotopic (exact) mass is 250 g/mol. The summed E-state index contributed by atoms with van der Waals surface area (Å²) in [5.74, 6) is -0.139. The minimum atomic E-state index is -0.139. The molecule has 0 aromatic heterocycles. The molecule has 0 bridgehead atoms. The van der Waals surface area contributed by atoms with Gasteiger partial charge in [0.25, 0.3) is 0 Å². The van der Waals surface area contributed by atoms with Gasteiger partial charge < -0.3 is 10.2 Å². The van der Waals surface area contributed by atoms with Gasteiger partial charge in [-0.25, -0.2) is 4.39 Å². The number of hydrogen-bond acceptors (Lipinski definition) is 2. The Kier molecular flexibility index (Phi) is 4.59. The summed E-state index contributed by atoms with van der Waals surface area (Å²) >= 11 is 0. The molecule has 2 nitrogen and oxygen atoms in total. The number of nitrogens with zero attached hydrogens (tertiary/aromatic N) is 1. The summed E-state index contributed by atoms with van der Waals surface area (Å²) in [6, 6.07) is 5.61. The Labute approximate surface area is 109 Å². The van der Waals surface area contributed by atoms with Gasteiger partial charge in [-0.05, 0) is 44.0 Å². The van der Waals surface area contributed by atoms with Gasteiger partial charge in [0, 0.05) is 24.8 Å². The van der Waals surface area contributed by atoms with E-state index in [1.165, 1.54) is 12.8 Å². The highest BCUT2D eigenvalue weighted by molar-refractivity contribution is 5.53. The van der Waals surface area contributed by atoms with Crippen molar-refractivity contribution in [3.8, 4) is 0 Å². The molecule has 1 saturated heterocycles. The third-order valence-electron chi connectivity index (χ3n) is 3.63. The van der Waals surface area contributed by atoms with Crippen LogP contribution in [0.15, 0.2) is 18.2 Å². The van der Waals surface area contributed by atoms with Gasteiger partial charge in [0.2, 0.25) is 0 Å². The largest absolute Gasteiger partial charge is 0.370 e. The van der Waals surface area contributed by atoms with Gasteiger partial charge >= 0.3 is 0 Å². The number of hydrogen-bond donors (Lipinski definition) is 1. The number of halogens is 1. The van der Waals surface area contributed by atoms with Crippen molar-refractivity contribution in [2.45, 2.75) is 39.2 Å². The molecule has 0 amide bonds. The molecule has 0 spiro atoms. The van der Waals surface area contributed by atoms with E-state index in [-0.39, 0.29) is 5.82 Å². The fourth-order valence-corrected chi connectivity index (χ4v) is 2.68. The zero-order valence-electron chi connectivity index (χ0n) is 11.4. The van der Waals surface area contributed by atoms with Crippen LogP contribution in [0.25, 0.3) is 0 Å². The normalized spacial score (nSPS) is 20.8. The summed E-state index contributed by atoms with van der Waals surface area (Å²) in [4.78, 5) is 2.33. The summed E-state index contributed by atoms with van der Waals surface area (Å²) < 4.78 is 13.4. The van der Waals surface area contributed by atoms with E-state index in [2.05, 4.69) is 24.1 Å². The topological polar surface area (TPSA) is 15.3 Å². The van der Waals surface area contributed by atoms with Crippen molar-refractivity contribution in [3.63, 3.8) is 0 Å². The van der Waals surface area contributed by atoms with Crippen LogP contribution in [0.2, 0.25) is 0 Å². The van der Waals surface area contributed by atoms with Crippen LogP contribution >= 0.6 is 0 Å². The second kappa shape index (κ2) is 6.19. The standard InChI is InChI=1S/C15H23FN2/c1-3-5-14-11-18(9-4-8-17-14)15-10-13(16)7-6-12(15)2/h6-7,10,14,17H,3-5,8-9,11H2,1-2H3. The van der Waals surface area contributed by atoms with Gasteiger partial charge in [-0.3, -0.25) is 0 Å². The van der Waals surface area contributed by atoms with E-state index in [0.717, 1.165) is 37.3 Å². The molecule has 0 radical (unpaired) electrons. The number of nitrogens with one attached hydrogen (secondary N) is 1. The second-order valence-corrected chi connectivity index (χ2v) is 5.17. The Morgan fingerprint density at radius 1 is 1.44 bits per heavy atom. The van der Waals surface area contributed by atoms with Crippen molar-refractivity contribution in [3.05, 3.63) is 29.6 Å². The third-order valence-corrected chi connectivity index (χ3v) is 3.63. The number of aryl methyl sites for hydroxylation is 1. The Hall–Kier alpha value is -1.09. The first-order chi connectivity index (χ1) is 8.70. The van der Waals surface area contributed by atoms with Crippen molar-refractivity contribution in [1.29, 1.82) is 0 Å². The highest BCUT2D eigenvalue weighted by Crippen LogP contribution is 2.23. The van der Waals surface area contributed by atoms with Crippen LogP contribution in [0.3, 0.4) is 0 Å². The van der Waals surface area contributed by atoms with Crippen LogP contribution < -0.4 is 10.2 Å². The van der Waals surface area contributed by atoms with Gasteiger partial charge in [0.15, 0.2) is 0 Å². The molecule has 1 N–H and O–H groups in total. The molecule has 100 valence electrons. The lowest BCUT2D eigenvalue weighted by molar-refractivity contribution is 0.502. The number of anilines is 1. The predicted octanol–water partition coefficient (Wildman–Crippen LogP) is 3.10. The fraction of sp³-hybridized carbons (Fsp3) is 0.600. The number of benzene rings is 1. The summed E-state index contributed by atoms with van der Waals surface area (Å²) in [5.41, 5.74) is 2.22. The first-order valence-corrected chi connectivity index (χ1v) is 6.95. The minimum Gasteiger partial charge on any atom is -0.370 e. The predicted molar refractivity (Wildman–Crippen MR) is 74.7 cm³/mol. The second-order valence-electron chi connectivity index (χ2n) is 5.17. The van der Waals surface area contributed by atoms with Gasteiger partial charge in [-0.1, -0.05) is 19.4 Å². The van der Waals surface area contributed by atoms with E-state index in [0.29, 0.717) is 6.04 Å². The molecule has 1 aliphatic rings. The maximum Gasteiger partial charge on any atom is 0.125 e. The average molecular weight is 250 g/mol. The lowest BCUT2D eigenvalue weighted by Crippen LogP contribution is -2.37. The summed E-state index contributed by atoms with van der Waals surface area (Å²) in [5, 5.41) is 3.58. The van der Waals surface area contributed by atoms with Gasteiger partial charge in [-0.15, -0.1) is 0 Å². The van der Waals surface area contributed by atoms with Crippen LogP contribution in [0, 0.1) is 12.7 Å². The summed E-state index contributed by atoms with van der Waals surface area (Å²) in [6.07, 6.45) is 3.49. The van der Waals surface area contributed by atoms with Crippen molar-refractivity contribution >= 4 is 5.69 Å². The molecule has 1 aliphatic heterocycles. The van der Waals surface area contributed by atoms with E-state index in [4.69, 9.17) is 0 Å². The Morgan fingerprint density at radius 2 is 2.28 bits per heavy atom. The lowest BCUT2D eigenvalue weighted by atomic mass is 10.1. The molecule has 1 atom stereocenters. The molecular formula is C15H23FN2. The lowest BCUT2D eigenvalue weighted by Gasteiger charge is -2.27. The van der Waals surface area contributed by atoms with Crippen molar-refractivity contribution in [2.75, 3.05) is 24.5 Å². The van der Waals surface area contributed by atoms with E-state index in [1.54, 1.807) is 12.1 Å². The zero-order chi connectivity index (χ0) is 13.0. The molecule has 1 aromatic carbocycles. The maximum atomic E-state index is 13.4. The maximum absolute atomic E-state index is 13.4. The van der Waals surface area contributed by atoms with Crippen LogP contribution in [0.5, 0.6) is 0 Å². The molecule has 3 heteroatoms. The van der Waals surface area contributed by atoms with E-state index in [1.807, 2.05) is 6.07 Å². The van der Waals surface area contributed by atoms with Crippen LogP contribution in [-0.4, -0.2) is 25.7 Å². The number of rotatable bonds is 3. The molecular weight excluding hydrogens is 227 g/mol. The first kappa shape index (κ1) is 13.3. The molecule has 0 aliphatic carbocycles. The molecule has 18 heavy (non-hydrogen) atoms. The molecule has 2 rings (SSSR count). The van der Waals surface area contributed by atoms with Crippen molar-refractivity contribution in [2.24, 2.45) is 0 Å². The molecule has 1 fully saturated rings. The summed E-state index contributed by atoms with van der Waals surface area (Å²) in [7, 11) is 0. The third kappa shape index (κ3) is 3.22. The molecule has 1 aromatic rings. The molecule has 1 unspecified atom stereocenters. The van der Waals surface area contributed by atoms with Crippen LogP contribution in [0.1, 0.15) is 31.7 Å². The Balaban J connectivity index is 2.16. The van der Waals surface area contributed by atoms with Gasteiger partial charge in [-0.2, -0.15) is 0 Å². The highest BCUT2D eigenvalue weighted by Gasteiger charge is 2.18. The Bertz CT molecular complexity index is 392. The quantitative estimate of drug-likeness (QED) is 0.886. The zero-order valence-corrected chi connectivity index (χ0v) is 11.4. The van der Waals surface area contributed by atoms with E-state index in [9.17, 15) is 4.39 Å². The average Bonchev–Trinajstić information content (AvgIpc) is 2.58. The van der Waals surface area contributed by atoms with E-state index < -0.39 is 0 Å². The van der Waals surface area contributed by atoms with Gasteiger partial charge in [0.05, 0.1) is 0 Å². The van der Waals surface area contributed by atoms with Crippen LogP contribution in [0.4, 0.5) is 10.1 Å². The molecule has 1 heterocycles. The smallest absolute Gasteiger partial charge is 0.125 e. The van der Waals surface area contributed by atoms with Gasteiger partial charge in [0.1, 0.15) is 5.82 Å². The van der Waals surface area contributed by atoms with Crippen molar-refractivity contribution < 1.29 is 4.39 Å².